The topological polar surface area (TPSA) is 61.3 Å². The van der Waals surface area contributed by atoms with Gasteiger partial charge in [0, 0.05) is 11.8 Å². The first-order chi connectivity index (χ1) is 4.38. The van der Waals surface area contributed by atoms with Gasteiger partial charge < -0.3 is 16.2 Å². The van der Waals surface area contributed by atoms with Gasteiger partial charge in [0.25, 0.3) is 0 Å². The van der Waals surface area contributed by atoms with Crippen molar-refractivity contribution in [2.24, 2.45) is 23.3 Å². The molecule has 0 aromatic rings. The van der Waals surface area contributed by atoms with Crippen molar-refractivity contribution in [2.75, 3.05) is 26.3 Å². The van der Waals surface area contributed by atoms with Gasteiger partial charge in [-0.25, -0.2) is 0 Å². The Labute approximate surface area is 55.4 Å². The lowest BCUT2D eigenvalue weighted by molar-refractivity contribution is 0.181. The highest BCUT2D eigenvalue weighted by Gasteiger charge is 2.25. The quantitative estimate of drug-likeness (QED) is 0.512. The Morgan fingerprint density at radius 1 is 1.11 bits per heavy atom. The van der Waals surface area contributed by atoms with E-state index in [0.717, 1.165) is 13.2 Å². The number of hydrogen-bond donors (Lipinski definition) is 2. The number of hydrogen-bond acceptors (Lipinski definition) is 3. The molecular formula is C6H14N2O. The molecule has 1 aliphatic heterocycles. The molecule has 0 aromatic carbocycles. The maximum atomic E-state index is 5.46. The van der Waals surface area contributed by atoms with Crippen LogP contribution in [-0.2, 0) is 4.74 Å². The third-order valence-corrected chi connectivity index (χ3v) is 1.94. The van der Waals surface area contributed by atoms with Crippen molar-refractivity contribution in [1.82, 2.24) is 0 Å². The Hall–Kier alpha value is -0.120. The second-order valence-electron chi connectivity index (χ2n) is 2.53. The SMILES string of the molecule is NC[C@@H]1COC[C@@H]1CN. The van der Waals surface area contributed by atoms with E-state index in [0.29, 0.717) is 24.9 Å². The smallest absolute Gasteiger partial charge is 0.0510 e. The first-order valence-electron chi connectivity index (χ1n) is 3.36. The van der Waals surface area contributed by atoms with Crippen LogP contribution in [0.5, 0.6) is 0 Å². The van der Waals surface area contributed by atoms with E-state index in [1.807, 2.05) is 0 Å². The molecule has 9 heavy (non-hydrogen) atoms. The summed E-state index contributed by atoms with van der Waals surface area (Å²) in [6.45, 7) is 3.03. The molecule has 1 fully saturated rings. The summed E-state index contributed by atoms with van der Waals surface area (Å²) in [4.78, 5) is 0. The molecule has 1 rings (SSSR count). The van der Waals surface area contributed by atoms with Crippen LogP contribution < -0.4 is 11.5 Å². The van der Waals surface area contributed by atoms with E-state index in [1.54, 1.807) is 0 Å². The lowest BCUT2D eigenvalue weighted by Gasteiger charge is -2.11. The van der Waals surface area contributed by atoms with Crippen LogP contribution in [0.2, 0.25) is 0 Å². The van der Waals surface area contributed by atoms with Gasteiger partial charge in [-0.2, -0.15) is 0 Å². The lowest BCUT2D eigenvalue weighted by atomic mass is 9.97. The average Bonchev–Trinajstić information content (AvgIpc) is 2.33. The zero-order valence-corrected chi connectivity index (χ0v) is 5.55. The third kappa shape index (κ3) is 1.41. The molecule has 3 nitrogen and oxygen atoms in total. The summed E-state index contributed by atoms with van der Waals surface area (Å²) in [5.41, 5.74) is 10.9. The van der Waals surface area contributed by atoms with Crippen molar-refractivity contribution < 1.29 is 4.74 Å². The molecule has 0 radical (unpaired) electrons. The molecule has 0 aromatic heterocycles. The predicted molar refractivity (Wildman–Crippen MR) is 35.9 cm³/mol. The van der Waals surface area contributed by atoms with Gasteiger partial charge in [-0.05, 0) is 13.1 Å². The fourth-order valence-corrected chi connectivity index (χ4v) is 1.16. The van der Waals surface area contributed by atoms with E-state index in [4.69, 9.17) is 16.2 Å². The predicted octanol–water partition coefficient (Wildman–Crippen LogP) is -0.834. The van der Waals surface area contributed by atoms with Crippen molar-refractivity contribution in [3.05, 3.63) is 0 Å². The number of ether oxygens (including phenoxy) is 1. The molecule has 2 atom stereocenters. The molecule has 0 unspecified atom stereocenters. The zero-order valence-electron chi connectivity index (χ0n) is 5.55. The van der Waals surface area contributed by atoms with Crippen LogP contribution in [-0.4, -0.2) is 26.3 Å². The third-order valence-electron chi connectivity index (χ3n) is 1.94. The second-order valence-corrected chi connectivity index (χ2v) is 2.53. The molecule has 54 valence electrons. The van der Waals surface area contributed by atoms with E-state index < -0.39 is 0 Å². The molecule has 0 bridgehead atoms. The molecular weight excluding hydrogens is 116 g/mol. The first-order valence-corrected chi connectivity index (χ1v) is 3.36. The average molecular weight is 130 g/mol. The molecule has 1 aliphatic rings. The summed E-state index contributed by atoms with van der Waals surface area (Å²) in [5.74, 6) is 1.02. The van der Waals surface area contributed by atoms with Crippen molar-refractivity contribution in [3.63, 3.8) is 0 Å². The lowest BCUT2D eigenvalue weighted by Crippen LogP contribution is -2.27. The second kappa shape index (κ2) is 3.15. The van der Waals surface area contributed by atoms with Gasteiger partial charge in [0.15, 0.2) is 0 Å². The maximum absolute atomic E-state index is 5.46. The van der Waals surface area contributed by atoms with E-state index in [-0.39, 0.29) is 0 Å². The number of rotatable bonds is 2. The standard InChI is InChI=1S/C6H14N2O/c7-1-5-3-9-4-6(5)2-8/h5-6H,1-4,7-8H2/t5-,6+. The van der Waals surface area contributed by atoms with Gasteiger partial charge in [0.2, 0.25) is 0 Å². The van der Waals surface area contributed by atoms with E-state index in [1.165, 1.54) is 0 Å². The van der Waals surface area contributed by atoms with Crippen molar-refractivity contribution in [1.29, 1.82) is 0 Å². The Bertz CT molecular complexity index is 77.1. The summed E-state index contributed by atoms with van der Waals surface area (Å²) in [7, 11) is 0. The fraction of sp³-hybridized carbons (Fsp3) is 1.00. The Balaban J connectivity index is 2.32. The largest absolute Gasteiger partial charge is 0.381 e. The van der Waals surface area contributed by atoms with E-state index >= 15 is 0 Å². The minimum absolute atomic E-state index is 0.509. The van der Waals surface area contributed by atoms with Crippen LogP contribution in [0, 0.1) is 11.8 Å². The Kier molecular flexibility index (Phi) is 2.45. The molecule has 0 aliphatic carbocycles. The Morgan fingerprint density at radius 3 is 1.89 bits per heavy atom. The minimum Gasteiger partial charge on any atom is -0.381 e. The van der Waals surface area contributed by atoms with Gasteiger partial charge in [0.05, 0.1) is 13.2 Å². The van der Waals surface area contributed by atoms with Crippen LogP contribution in [0.3, 0.4) is 0 Å². The maximum Gasteiger partial charge on any atom is 0.0510 e. The van der Waals surface area contributed by atoms with E-state index in [9.17, 15) is 0 Å². The molecule has 0 amide bonds. The Morgan fingerprint density at radius 2 is 1.56 bits per heavy atom. The van der Waals surface area contributed by atoms with Crippen molar-refractivity contribution >= 4 is 0 Å². The van der Waals surface area contributed by atoms with Gasteiger partial charge in [-0.1, -0.05) is 0 Å². The highest BCUT2D eigenvalue weighted by Crippen LogP contribution is 2.17. The highest BCUT2D eigenvalue weighted by molar-refractivity contribution is 4.75. The summed E-state index contributed by atoms with van der Waals surface area (Å²) < 4.78 is 5.19. The van der Waals surface area contributed by atoms with Crippen LogP contribution in [0.25, 0.3) is 0 Å². The summed E-state index contributed by atoms with van der Waals surface area (Å²) in [6.07, 6.45) is 0. The molecule has 3 heteroatoms. The fourth-order valence-electron chi connectivity index (χ4n) is 1.16. The van der Waals surface area contributed by atoms with Crippen molar-refractivity contribution in [3.8, 4) is 0 Å². The van der Waals surface area contributed by atoms with Gasteiger partial charge in [-0.15, -0.1) is 0 Å². The van der Waals surface area contributed by atoms with Crippen LogP contribution in [0.15, 0.2) is 0 Å². The van der Waals surface area contributed by atoms with Gasteiger partial charge in [-0.3, -0.25) is 0 Å². The highest BCUT2D eigenvalue weighted by atomic mass is 16.5. The van der Waals surface area contributed by atoms with Crippen LogP contribution in [0.1, 0.15) is 0 Å². The van der Waals surface area contributed by atoms with Crippen LogP contribution in [0.4, 0.5) is 0 Å². The molecule has 4 N–H and O–H groups in total. The van der Waals surface area contributed by atoms with E-state index in [2.05, 4.69) is 0 Å². The summed E-state index contributed by atoms with van der Waals surface area (Å²) in [5, 5.41) is 0. The van der Waals surface area contributed by atoms with Gasteiger partial charge in [0.1, 0.15) is 0 Å². The molecule has 0 saturated carbocycles. The number of nitrogens with two attached hydrogens (primary N) is 2. The molecule has 0 spiro atoms. The summed E-state index contributed by atoms with van der Waals surface area (Å²) in [6, 6.07) is 0. The molecule has 1 saturated heterocycles. The normalized spacial score (nSPS) is 35.3. The summed E-state index contributed by atoms with van der Waals surface area (Å²) >= 11 is 0. The first kappa shape index (κ1) is 6.99. The molecule has 1 heterocycles. The minimum atomic E-state index is 0.509. The zero-order chi connectivity index (χ0) is 6.69. The van der Waals surface area contributed by atoms with Crippen LogP contribution >= 0.6 is 0 Å². The van der Waals surface area contributed by atoms with Crippen molar-refractivity contribution in [2.45, 2.75) is 0 Å². The van der Waals surface area contributed by atoms with Gasteiger partial charge >= 0.3 is 0 Å². The monoisotopic (exact) mass is 130 g/mol.